The zero-order valence-corrected chi connectivity index (χ0v) is 18.8. The van der Waals surface area contributed by atoms with Crippen molar-refractivity contribution in [2.45, 2.75) is 62.9 Å². The van der Waals surface area contributed by atoms with E-state index < -0.39 is 66.5 Å². The maximum atomic E-state index is 12.7. The van der Waals surface area contributed by atoms with Gasteiger partial charge in [0.2, 0.25) is 23.6 Å². The molecule has 5 unspecified atom stereocenters. The Balaban J connectivity index is 5.23. The number of guanidine groups is 1. The number of aliphatic hydroxyl groups is 2. The van der Waals surface area contributed by atoms with Crippen LogP contribution in [0.25, 0.3) is 0 Å². The van der Waals surface area contributed by atoms with Crippen molar-refractivity contribution in [1.29, 1.82) is 0 Å². The molecule has 0 aliphatic rings. The van der Waals surface area contributed by atoms with Crippen LogP contribution in [-0.2, 0) is 24.0 Å². The fourth-order valence-corrected chi connectivity index (χ4v) is 2.59. The lowest BCUT2D eigenvalue weighted by molar-refractivity contribution is -0.145. The lowest BCUT2D eigenvalue weighted by Gasteiger charge is -2.24. The molecule has 0 bridgehead atoms. The highest BCUT2D eigenvalue weighted by molar-refractivity contribution is 5.94. The average molecular weight is 491 g/mol. The molecule has 0 saturated carbocycles. The normalized spacial score (nSPS) is 15.1. The van der Waals surface area contributed by atoms with Gasteiger partial charge in [-0.05, 0) is 26.2 Å². The predicted octanol–water partition coefficient (Wildman–Crippen LogP) is -5.46. The van der Waals surface area contributed by atoms with Gasteiger partial charge >= 0.3 is 5.97 Å². The number of hydrogen-bond acceptors (Lipinski definition) is 9. The molecule has 0 aliphatic carbocycles. The number of nitrogens with zero attached hydrogens (tertiary/aromatic N) is 1. The van der Waals surface area contributed by atoms with Crippen LogP contribution in [0.2, 0.25) is 0 Å². The number of amides is 4. The highest BCUT2D eigenvalue weighted by Gasteiger charge is 2.31. The summed E-state index contributed by atoms with van der Waals surface area (Å²) in [5.74, 6) is -5.20. The van der Waals surface area contributed by atoms with E-state index in [4.69, 9.17) is 28.0 Å². The second-order valence-electron chi connectivity index (χ2n) is 7.43. The molecule has 194 valence electrons. The second kappa shape index (κ2) is 15.4. The summed E-state index contributed by atoms with van der Waals surface area (Å²) in [6, 6.07) is -5.70. The van der Waals surface area contributed by atoms with Gasteiger partial charge in [0.1, 0.15) is 12.1 Å². The monoisotopic (exact) mass is 490 g/mol. The standard InChI is InChI=1S/C18H34N8O8/c1-8(28)13(17(33)34)26-16(32)11(7-27)25-15(31)10(4-5-12(20)29)24-14(30)9(19)3-2-6-23-18(21)22/h8-11,13,27-28H,2-7,19H2,1H3,(H2,20,29)(H,24,30)(H,25,31)(H,26,32)(H,33,34)(H4,21,22,23). The molecule has 0 rings (SSSR count). The number of nitrogens with two attached hydrogens (primary N) is 4. The molecule has 4 amide bonds. The van der Waals surface area contributed by atoms with Crippen LogP contribution >= 0.6 is 0 Å². The minimum absolute atomic E-state index is 0.119. The summed E-state index contributed by atoms with van der Waals surface area (Å²) in [7, 11) is 0. The number of nitrogens with one attached hydrogen (secondary N) is 3. The lowest BCUT2D eigenvalue weighted by Crippen LogP contribution is -2.59. The fourth-order valence-electron chi connectivity index (χ4n) is 2.59. The van der Waals surface area contributed by atoms with Crippen molar-refractivity contribution in [3.63, 3.8) is 0 Å². The summed E-state index contributed by atoms with van der Waals surface area (Å²) in [4.78, 5) is 63.3. The molecule has 0 spiro atoms. The van der Waals surface area contributed by atoms with E-state index in [1.165, 1.54) is 0 Å². The van der Waals surface area contributed by atoms with Crippen molar-refractivity contribution in [3.05, 3.63) is 0 Å². The number of aliphatic imine (C=N–C) groups is 1. The van der Waals surface area contributed by atoms with Crippen LogP contribution in [0.1, 0.15) is 32.6 Å². The number of primary amides is 1. The molecule has 16 heteroatoms. The third kappa shape index (κ3) is 11.9. The number of carboxylic acids is 1. The van der Waals surface area contributed by atoms with Gasteiger partial charge in [0.05, 0.1) is 18.8 Å². The van der Waals surface area contributed by atoms with Gasteiger partial charge in [-0.3, -0.25) is 24.2 Å². The Bertz CT molecular complexity index is 756. The predicted molar refractivity (Wildman–Crippen MR) is 119 cm³/mol. The third-order valence-electron chi connectivity index (χ3n) is 4.48. The second-order valence-corrected chi connectivity index (χ2v) is 7.43. The van der Waals surface area contributed by atoms with Crippen molar-refractivity contribution >= 4 is 35.6 Å². The van der Waals surface area contributed by atoms with Gasteiger partial charge < -0.3 is 54.2 Å². The van der Waals surface area contributed by atoms with Crippen LogP contribution < -0.4 is 38.9 Å². The molecule has 0 aromatic carbocycles. The number of carbonyl (C=O) groups is 5. The first kappa shape index (κ1) is 30.5. The van der Waals surface area contributed by atoms with E-state index in [2.05, 4.69) is 15.6 Å². The smallest absolute Gasteiger partial charge is 0.328 e. The Labute approximate surface area is 195 Å². The molecule has 0 saturated heterocycles. The van der Waals surface area contributed by atoms with Crippen molar-refractivity contribution in [3.8, 4) is 0 Å². The Morgan fingerprint density at radius 2 is 1.47 bits per heavy atom. The maximum absolute atomic E-state index is 12.7. The lowest BCUT2D eigenvalue weighted by atomic mass is 10.1. The van der Waals surface area contributed by atoms with Crippen molar-refractivity contribution in [2.75, 3.05) is 13.2 Å². The van der Waals surface area contributed by atoms with E-state index in [0.717, 1.165) is 6.92 Å². The van der Waals surface area contributed by atoms with Gasteiger partial charge in [0, 0.05) is 13.0 Å². The first-order valence-electron chi connectivity index (χ1n) is 10.3. The third-order valence-corrected chi connectivity index (χ3v) is 4.48. The average Bonchev–Trinajstić information content (AvgIpc) is 2.74. The van der Waals surface area contributed by atoms with Crippen molar-refractivity contribution in [1.82, 2.24) is 16.0 Å². The van der Waals surface area contributed by atoms with E-state index in [9.17, 15) is 34.2 Å². The summed E-state index contributed by atoms with van der Waals surface area (Å²) in [5.41, 5.74) is 21.3. The largest absolute Gasteiger partial charge is 0.480 e. The Kier molecular flexibility index (Phi) is 13.8. The van der Waals surface area contributed by atoms with Crippen LogP contribution in [-0.4, -0.2) is 94.3 Å². The molecule has 0 aromatic rings. The van der Waals surface area contributed by atoms with Gasteiger partial charge in [-0.15, -0.1) is 0 Å². The van der Waals surface area contributed by atoms with Crippen LogP contribution in [0, 0.1) is 0 Å². The number of aliphatic carboxylic acids is 1. The topological polar surface area (TPSA) is 299 Å². The summed E-state index contributed by atoms with van der Waals surface area (Å²) in [6.07, 6.45) is -1.46. The minimum Gasteiger partial charge on any atom is -0.480 e. The van der Waals surface area contributed by atoms with Crippen molar-refractivity contribution in [2.24, 2.45) is 27.9 Å². The summed E-state index contributed by atoms with van der Waals surface area (Å²) >= 11 is 0. The number of rotatable bonds is 16. The molecule has 16 nitrogen and oxygen atoms in total. The fraction of sp³-hybridized carbons (Fsp3) is 0.667. The first-order chi connectivity index (χ1) is 15.8. The van der Waals surface area contributed by atoms with E-state index in [-0.39, 0.29) is 31.8 Å². The van der Waals surface area contributed by atoms with E-state index in [1.54, 1.807) is 0 Å². The summed E-state index contributed by atoms with van der Waals surface area (Å²) in [5, 5.41) is 34.5. The quantitative estimate of drug-likeness (QED) is 0.0552. The highest BCUT2D eigenvalue weighted by Crippen LogP contribution is 2.03. The van der Waals surface area contributed by atoms with Crippen molar-refractivity contribution < 1.29 is 39.3 Å². The molecular weight excluding hydrogens is 456 g/mol. The van der Waals surface area contributed by atoms with Gasteiger partial charge in [0.15, 0.2) is 12.0 Å². The molecular formula is C18H34N8O8. The Hall–Kier alpha value is -3.50. The minimum atomic E-state index is -1.69. The Morgan fingerprint density at radius 1 is 0.912 bits per heavy atom. The molecule has 0 radical (unpaired) electrons. The number of carbonyl (C=O) groups excluding carboxylic acids is 4. The number of aliphatic hydroxyl groups excluding tert-OH is 2. The molecule has 34 heavy (non-hydrogen) atoms. The maximum Gasteiger partial charge on any atom is 0.328 e. The zero-order valence-electron chi connectivity index (χ0n) is 18.8. The summed E-state index contributed by atoms with van der Waals surface area (Å²) < 4.78 is 0. The van der Waals surface area contributed by atoms with E-state index in [0.29, 0.717) is 6.42 Å². The first-order valence-corrected chi connectivity index (χ1v) is 10.3. The molecule has 0 aliphatic heterocycles. The Morgan fingerprint density at radius 3 is 1.94 bits per heavy atom. The molecule has 0 aromatic heterocycles. The van der Waals surface area contributed by atoms with Gasteiger partial charge in [0.25, 0.3) is 0 Å². The van der Waals surface area contributed by atoms with Crippen LogP contribution in [0.15, 0.2) is 4.99 Å². The van der Waals surface area contributed by atoms with Gasteiger partial charge in [-0.1, -0.05) is 0 Å². The van der Waals surface area contributed by atoms with Crippen LogP contribution in [0.4, 0.5) is 0 Å². The molecule has 0 heterocycles. The number of hydrogen-bond donors (Lipinski definition) is 10. The summed E-state index contributed by atoms with van der Waals surface area (Å²) in [6.45, 7) is 0.429. The van der Waals surface area contributed by atoms with E-state index in [1.807, 2.05) is 5.32 Å². The van der Waals surface area contributed by atoms with Crippen LogP contribution in [0.3, 0.4) is 0 Å². The number of carboxylic acid groups (broad SMARTS) is 1. The van der Waals surface area contributed by atoms with Crippen LogP contribution in [0.5, 0.6) is 0 Å². The highest BCUT2D eigenvalue weighted by atomic mass is 16.4. The molecule has 5 atom stereocenters. The van der Waals surface area contributed by atoms with Gasteiger partial charge in [-0.2, -0.15) is 0 Å². The zero-order chi connectivity index (χ0) is 26.4. The molecule has 0 fully saturated rings. The molecule has 14 N–H and O–H groups in total. The van der Waals surface area contributed by atoms with Gasteiger partial charge in [-0.25, -0.2) is 4.79 Å². The SMILES string of the molecule is CC(O)C(NC(=O)C(CO)NC(=O)C(CCC(N)=O)NC(=O)C(N)CCCN=C(N)N)C(=O)O. The van der Waals surface area contributed by atoms with E-state index >= 15 is 0 Å².